The quantitative estimate of drug-likeness (QED) is 0.880. The van der Waals surface area contributed by atoms with E-state index in [1.165, 1.54) is 41.5 Å². The van der Waals surface area contributed by atoms with Crippen LogP contribution in [0.5, 0.6) is 0 Å². The SMILES string of the molecule is Cc1nc(C(C)(C)NCC2CCNCC2)sc1C. The number of aromatic nitrogens is 1. The maximum Gasteiger partial charge on any atom is 0.113 e. The molecule has 0 aliphatic carbocycles. The average Bonchev–Trinajstić information content (AvgIpc) is 2.70. The monoisotopic (exact) mass is 267 g/mol. The average molecular weight is 267 g/mol. The maximum absolute atomic E-state index is 4.69. The van der Waals surface area contributed by atoms with Gasteiger partial charge in [0.15, 0.2) is 0 Å². The standard InChI is InChI=1S/C14H25N3S/c1-10-11(2)18-13(17-10)14(3,4)16-9-12-5-7-15-8-6-12/h12,15-16H,5-9H2,1-4H3. The maximum atomic E-state index is 4.69. The fourth-order valence-corrected chi connectivity index (χ4v) is 3.29. The minimum Gasteiger partial charge on any atom is -0.317 e. The van der Waals surface area contributed by atoms with Crippen molar-refractivity contribution in [2.45, 2.75) is 46.1 Å². The van der Waals surface area contributed by atoms with Gasteiger partial charge in [0.05, 0.1) is 11.2 Å². The summed E-state index contributed by atoms with van der Waals surface area (Å²) in [4.78, 5) is 6.02. The van der Waals surface area contributed by atoms with Gasteiger partial charge in [0.2, 0.25) is 0 Å². The van der Waals surface area contributed by atoms with Crippen molar-refractivity contribution in [1.82, 2.24) is 15.6 Å². The molecule has 0 aromatic carbocycles. The summed E-state index contributed by atoms with van der Waals surface area (Å²) in [6, 6.07) is 0. The van der Waals surface area contributed by atoms with Gasteiger partial charge < -0.3 is 10.6 Å². The Kier molecular flexibility index (Phi) is 4.41. The van der Waals surface area contributed by atoms with Crippen molar-refractivity contribution in [3.8, 4) is 0 Å². The summed E-state index contributed by atoms with van der Waals surface area (Å²) in [7, 11) is 0. The lowest BCUT2D eigenvalue weighted by molar-refractivity contribution is 0.304. The van der Waals surface area contributed by atoms with Crippen LogP contribution >= 0.6 is 11.3 Å². The summed E-state index contributed by atoms with van der Waals surface area (Å²) in [6.45, 7) is 12.2. The zero-order valence-electron chi connectivity index (χ0n) is 12.0. The largest absolute Gasteiger partial charge is 0.317 e. The summed E-state index contributed by atoms with van der Waals surface area (Å²) < 4.78 is 0. The molecule has 102 valence electrons. The predicted octanol–water partition coefficient (Wildman–Crippen LogP) is 2.58. The van der Waals surface area contributed by atoms with E-state index >= 15 is 0 Å². The summed E-state index contributed by atoms with van der Waals surface area (Å²) in [6.07, 6.45) is 2.58. The van der Waals surface area contributed by atoms with Crippen LogP contribution < -0.4 is 10.6 Å². The van der Waals surface area contributed by atoms with Gasteiger partial charge in [-0.3, -0.25) is 0 Å². The third kappa shape index (κ3) is 3.31. The van der Waals surface area contributed by atoms with Gasteiger partial charge in [-0.25, -0.2) is 4.98 Å². The zero-order chi connectivity index (χ0) is 13.2. The first-order valence-electron chi connectivity index (χ1n) is 6.89. The lowest BCUT2D eigenvalue weighted by Crippen LogP contribution is -2.42. The minimum atomic E-state index is -0.00539. The molecule has 1 aliphatic heterocycles. The van der Waals surface area contributed by atoms with Crippen molar-refractivity contribution in [2.24, 2.45) is 5.92 Å². The van der Waals surface area contributed by atoms with Crippen LogP contribution in [-0.2, 0) is 5.54 Å². The molecule has 0 unspecified atom stereocenters. The predicted molar refractivity (Wildman–Crippen MR) is 78.2 cm³/mol. The molecule has 1 aromatic heterocycles. The Hall–Kier alpha value is -0.450. The number of aryl methyl sites for hydroxylation is 2. The Labute approximate surface area is 114 Å². The molecule has 0 bridgehead atoms. The Balaban J connectivity index is 1.93. The van der Waals surface area contributed by atoms with Gasteiger partial charge in [0, 0.05) is 4.88 Å². The smallest absolute Gasteiger partial charge is 0.113 e. The molecule has 0 amide bonds. The zero-order valence-corrected chi connectivity index (χ0v) is 12.8. The first-order valence-corrected chi connectivity index (χ1v) is 7.71. The molecule has 1 aliphatic rings. The minimum absolute atomic E-state index is 0.00539. The van der Waals surface area contributed by atoms with Crippen molar-refractivity contribution in [3.05, 3.63) is 15.6 Å². The molecule has 2 heterocycles. The third-order valence-electron chi connectivity index (χ3n) is 3.85. The fourth-order valence-electron chi connectivity index (χ4n) is 2.30. The molecule has 1 aromatic rings. The highest BCUT2D eigenvalue weighted by Gasteiger charge is 2.25. The Morgan fingerprint density at radius 1 is 1.33 bits per heavy atom. The van der Waals surface area contributed by atoms with E-state index in [1.807, 2.05) is 11.3 Å². The van der Waals surface area contributed by atoms with Crippen molar-refractivity contribution < 1.29 is 0 Å². The van der Waals surface area contributed by atoms with Crippen LogP contribution in [0, 0.1) is 19.8 Å². The fraction of sp³-hybridized carbons (Fsp3) is 0.786. The molecule has 0 saturated carbocycles. The molecular formula is C14H25N3S. The second-order valence-electron chi connectivity index (χ2n) is 5.86. The molecule has 0 spiro atoms. The number of hydrogen-bond donors (Lipinski definition) is 2. The van der Waals surface area contributed by atoms with Gasteiger partial charge in [0.25, 0.3) is 0 Å². The Morgan fingerprint density at radius 2 is 2.00 bits per heavy atom. The van der Waals surface area contributed by atoms with E-state index < -0.39 is 0 Å². The number of nitrogens with one attached hydrogen (secondary N) is 2. The molecule has 4 heteroatoms. The van der Waals surface area contributed by atoms with Crippen LogP contribution in [0.25, 0.3) is 0 Å². The Bertz CT molecular complexity index is 372. The van der Waals surface area contributed by atoms with Crippen LogP contribution in [0.15, 0.2) is 0 Å². The van der Waals surface area contributed by atoms with E-state index in [0.29, 0.717) is 0 Å². The van der Waals surface area contributed by atoms with Crippen LogP contribution in [-0.4, -0.2) is 24.6 Å². The highest BCUT2D eigenvalue weighted by Crippen LogP contribution is 2.27. The molecule has 0 radical (unpaired) electrons. The number of piperidine rings is 1. The van der Waals surface area contributed by atoms with Crippen LogP contribution in [0.3, 0.4) is 0 Å². The highest BCUT2D eigenvalue weighted by atomic mass is 32.1. The number of rotatable bonds is 4. The first kappa shape index (κ1) is 14.0. The van der Waals surface area contributed by atoms with Crippen molar-refractivity contribution >= 4 is 11.3 Å². The van der Waals surface area contributed by atoms with Crippen molar-refractivity contribution in [3.63, 3.8) is 0 Å². The van der Waals surface area contributed by atoms with Gasteiger partial charge in [0.1, 0.15) is 5.01 Å². The van der Waals surface area contributed by atoms with E-state index in [2.05, 4.69) is 43.3 Å². The van der Waals surface area contributed by atoms with Crippen molar-refractivity contribution in [1.29, 1.82) is 0 Å². The molecule has 0 atom stereocenters. The molecule has 1 saturated heterocycles. The van der Waals surface area contributed by atoms with Crippen LogP contribution in [0.2, 0.25) is 0 Å². The molecular weight excluding hydrogens is 242 g/mol. The summed E-state index contributed by atoms with van der Waals surface area (Å²) >= 11 is 1.82. The number of hydrogen-bond acceptors (Lipinski definition) is 4. The molecule has 18 heavy (non-hydrogen) atoms. The van der Waals surface area contributed by atoms with Crippen LogP contribution in [0.1, 0.15) is 42.3 Å². The van der Waals surface area contributed by atoms with Gasteiger partial charge in [-0.05, 0) is 66.1 Å². The highest BCUT2D eigenvalue weighted by molar-refractivity contribution is 7.11. The Morgan fingerprint density at radius 3 is 2.56 bits per heavy atom. The first-order chi connectivity index (χ1) is 8.49. The topological polar surface area (TPSA) is 37.0 Å². The van der Waals surface area contributed by atoms with Gasteiger partial charge in [-0.15, -0.1) is 11.3 Å². The number of nitrogens with zero attached hydrogens (tertiary/aromatic N) is 1. The second kappa shape index (κ2) is 5.68. The van der Waals surface area contributed by atoms with E-state index in [-0.39, 0.29) is 5.54 Å². The second-order valence-corrected chi connectivity index (χ2v) is 7.06. The molecule has 3 nitrogen and oxygen atoms in total. The summed E-state index contributed by atoms with van der Waals surface area (Å²) in [5.74, 6) is 0.813. The van der Waals surface area contributed by atoms with Crippen molar-refractivity contribution in [2.75, 3.05) is 19.6 Å². The van der Waals surface area contributed by atoms with E-state index in [4.69, 9.17) is 0 Å². The normalized spacial score (nSPS) is 18.2. The van der Waals surface area contributed by atoms with Crippen LogP contribution in [0.4, 0.5) is 0 Å². The molecule has 2 N–H and O–H groups in total. The van der Waals surface area contributed by atoms with E-state index in [1.54, 1.807) is 0 Å². The lowest BCUT2D eigenvalue weighted by Gasteiger charge is -2.29. The number of thiazole rings is 1. The van der Waals surface area contributed by atoms with Gasteiger partial charge >= 0.3 is 0 Å². The third-order valence-corrected chi connectivity index (χ3v) is 5.25. The summed E-state index contributed by atoms with van der Waals surface area (Å²) in [5, 5.41) is 8.34. The van der Waals surface area contributed by atoms with Gasteiger partial charge in [-0.1, -0.05) is 0 Å². The van der Waals surface area contributed by atoms with E-state index in [0.717, 1.165) is 12.5 Å². The molecule has 1 fully saturated rings. The van der Waals surface area contributed by atoms with E-state index in [9.17, 15) is 0 Å². The van der Waals surface area contributed by atoms with Gasteiger partial charge in [-0.2, -0.15) is 0 Å². The summed E-state index contributed by atoms with van der Waals surface area (Å²) in [5.41, 5.74) is 1.17. The molecule has 2 rings (SSSR count). The lowest BCUT2D eigenvalue weighted by atomic mass is 9.96.